The van der Waals surface area contributed by atoms with Gasteiger partial charge in [0, 0.05) is 24.6 Å². The molecule has 0 aliphatic carbocycles. The Hall–Kier alpha value is -1.55. The van der Waals surface area contributed by atoms with Crippen molar-refractivity contribution in [2.75, 3.05) is 13.2 Å². The molecular formula is C17H25NO3. The van der Waals surface area contributed by atoms with Gasteiger partial charge in [0.1, 0.15) is 5.75 Å². The average molecular weight is 291 g/mol. The zero-order valence-electron chi connectivity index (χ0n) is 13.1. The smallest absolute Gasteiger partial charge is 0.261 e. The van der Waals surface area contributed by atoms with Crippen LogP contribution >= 0.6 is 0 Å². The molecule has 0 radical (unpaired) electrons. The van der Waals surface area contributed by atoms with Crippen LogP contribution in [-0.4, -0.2) is 30.3 Å². The number of fused-ring (bicyclic) bond motifs is 1. The second kappa shape index (κ2) is 6.48. The minimum Gasteiger partial charge on any atom is -0.480 e. The maximum Gasteiger partial charge on any atom is 0.261 e. The summed E-state index contributed by atoms with van der Waals surface area (Å²) in [6, 6.07) is 7.80. The second-order valence-electron chi connectivity index (χ2n) is 6.58. The van der Waals surface area contributed by atoms with Crippen molar-refractivity contribution in [3.05, 3.63) is 29.8 Å². The van der Waals surface area contributed by atoms with Crippen LogP contribution in [0.25, 0.3) is 0 Å². The zero-order chi connectivity index (χ0) is 15.5. The Kier molecular flexibility index (Phi) is 4.88. The molecule has 0 spiro atoms. The predicted octanol–water partition coefficient (Wildman–Crippen LogP) is 2.47. The minimum atomic E-state index is -0.437. The quantitative estimate of drug-likeness (QED) is 0.792. The lowest BCUT2D eigenvalue weighted by molar-refractivity contribution is -0.127. The average Bonchev–Trinajstić information content (AvgIpc) is 2.81. The van der Waals surface area contributed by atoms with Gasteiger partial charge in [-0.05, 0) is 24.3 Å². The van der Waals surface area contributed by atoms with E-state index in [9.17, 15) is 9.90 Å². The van der Waals surface area contributed by atoms with Crippen molar-refractivity contribution in [3.8, 4) is 5.75 Å². The van der Waals surface area contributed by atoms with E-state index >= 15 is 0 Å². The van der Waals surface area contributed by atoms with E-state index in [0.717, 1.165) is 24.2 Å². The van der Waals surface area contributed by atoms with Crippen LogP contribution < -0.4 is 10.1 Å². The fourth-order valence-corrected chi connectivity index (χ4v) is 2.60. The predicted molar refractivity (Wildman–Crippen MR) is 82.4 cm³/mol. The highest BCUT2D eigenvalue weighted by atomic mass is 16.5. The lowest BCUT2D eigenvalue weighted by Crippen LogP contribution is -2.39. The summed E-state index contributed by atoms with van der Waals surface area (Å²) in [5.41, 5.74) is 1.01. The maximum absolute atomic E-state index is 12.2. The largest absolute Gasteiger partial charge is 0.480 e. The number of carbonyl (C=O) groups excluding carboxylic acids is 1. The normalized spacial score (nSPS) is 20.8. The van der Waals surface area contributed by atoms with E-state index in [1.165, 1.54) is 0 Å². The fourth-order valence-electron chi connectivity index (χ4n) is 2.60. The van der Waals surface area contributed by atoms with E-state index < -0.39 is 6.10 Å². The summed E-state index contributed by atoms with van der Waals surface area (Å²) in [5, 5.41) is 12.1. The van der Waals surface area contributed by atoms with E-state index in [2.05, 4.69) is 5.32 Å². The standard InChI is InChI=1S/C17H25NO3/c1-12-13-7-4-5-8-14(13)21-15(12)16(20)18-10-6-9-17(2,3)11-19/h4-5,7-8,12,15,19H,6,9-11H2,1-3H3,(H,18,20). The summed E-state index contributed by atoms with van der Waals surface area (Å²) in [7, 11) is 0. The van der Waals surface area contributed by atoms with Crippen molar-refractivity contribution in [1.82, 2.24) is 5.32 Å². The molecule has 2 unspecified atom stereocenters. The van der Waals surface area contributed by atoms with Gasteiger partial charge >= 0.3 is 0 Å². The van der Waals surface area contributed by atoms with Crippen molar-refractivity contribution >= 4 is 5.91 Å². The lowest BCUT2D eigenvalue weighted by atomic mass is 9.89. The lowest BCUT2D eigenvalue weighted by Gasteiger charge is -2.21. The van der Waals surface area contributed by atoms with Gasteiger partial charge in [0.15, 0.2) is 6.10 Å². The van der Waals surface area contributed by atoms with Crippen molar-refractivity contribution in [2.45, 2.75) is 45.6 Å². The molecule has 1 heterocycles. The summed E-state index contributed by atoms with van der Waals surface area (Å²) >= 11 is 0. The van der Waals surface area contributed by atoms with Crippen LogP contribution in [0.5, 0.6) is 5.75 Å². The van der Waals surface area contributed by atoms with Crippen molar-refractivity contribution in [1.29, 1.82) is 0 Å². The molecule has 2 N–H and O–H groups in total. The SMILES string of the molecule is CC1c2ccccc2OC1C(=O)NCCCC(C)(C)CO. The number of ether oxygens (including phenoxy) is 1. The first kappa shape index (κ1) is 15.8. The Balaban J connectivity index is 1.81. The first-order valence-electron chi connectivity index (χ1n) is 7.59. The van der Waals surface area contributed by atoms with Gasteiger partial charge in [0.25, 0.3) is 5.91 Å². The van der Waals surface area contributed by atoms with Gasteiger partial charge < -0.3 is 15.2 Å². The number of carbonyl (C=O) groups is 1. The van der Waals surface area contributed by atoms with E-state index in [1.54, 1.807) is 0 Å². The maximum atomic E-state index is 12.2. The first-order valence-corrected chi connectivity index (χ1v) is 7.59. The molecule has 4 nitrogen and oxygen atoms in total. The van der Waals surface area contributed by atoms with Gasteiger partial charge in [-0.1, -0.05) is 39.0 Å². The molecular weight excluding hydrogens is 266 g/mol. The van der Waals surface area contributed by atoms with Gasteiger partial charge in [-0.15, -0.1) is 0 Å². The van der Waals surface area contributed by atoms with Crippen molar-refractivity contribution < 1.29 is 14.6 Å². The number of nitrogens with one attached hydrogen (secondary N) is 1. The molecule has 4 heteroatoms. The number of aliphatic hydroxyl groups is 1. The number of amides is 1. The number of benzene rings is 1. The molecule has 21 heavy (non-hydrogen) atoms. The van der Waals surface area contributed by atoms with Crippen molar-refractivity contribution in [2.24, 2.45) is 5.41 Å². The molecule has 0 saturated carbocycles. The summed E-state index contributed by atoms with van der Waals surface area (Å²) in [6.45, 7) is 6.84. The second-order valence-corrected chi connectivity index (χ2v) is 6.58. The van der Waals surface area contributed by atoms with Gasteiger partial charge in [0.2, 0.25) is 0 Å². The highest BCUT2D eigenvalue weighted by molar-refractivity contribution is 5.83. The highest BCUT2D eigenvalue weighted by Gasteiger charge is 2.35. The number of hydrogen-bond donors (Lipinski definition) is 2. The van der Waals surface area contributed by atoms with Gasteiger partial charge in [-0.2, -0.15) is 0 Å². The molecule has 1 aromatic rings. The summed E-state index contributed by atoms with van der Waals surface area (Å²) < 4.78 is 5.75. The van der Waals surface area contributed by atoms with Crippen LogP contribution in [0.1, 0.15) is 45.1 Å². The first-order chi connectivity index (χ1) is 9.94. The topological polar surface area (TPSA) is 58.6 Å². The molecule has 1 aliphatic rings. The Morgan fingerprint density at radius 3 is 2.76 bits per heavy atom. The zero-order valence-corrected chi connectivity index (χ0v) is 13.1. The Labute approximate surface area is 126 Å². The summed E-state index contributed by atoms with van der Waals surface area (Å²) in [6.07, 6.45) is 1.30. The van der Waals surface area contributed by atoms with Crippen molar-refractivity contribution in [3.63, 3.8) is 0 Å². The Morgan fingerprint density at radius 1 is 1.38 bits per heavy atom. The molecule has 1 amide bonds. The number of para-hydroxylation sites is 1. The van der Waals surface area contributed by atoms with Gasteiger partial charge in [-0.3, -0.25) is 4.79 Å². The third-order valence-corrected chi connectivity index (χ3v) is 4.13. The minimum absolute atomic E-state index is 0.0551. The van der Waals surface area contributed by atoms with Crippen LogP contribution in [0.2, 0.25) is 0 Å². The molecule has 0 saturated heterocycles. The summed E-state index contributed by atoms with van der Waals surface area (Å²) in [5.74, 6) is 0.835. The monoisotopic (exact) mass is 291 g/mol. The van der Waals surface area contributed by atoms with Gasteiger partial charge in [-0.25, -0.2) is 0 Å². The molecule has 0 fully saturated rings. The number of hydrogen-bond acceptors (Lipinski definition) is 3. The van der Waals surface area contributed by atoms with Crippen LogP contribution in [0.3, 0.4) is 0 Å². The third-order valence-electron chi connectivity index (χ3n) is 4.13. The van der Waals surface area contributed by atoms with Crippen LogP contribution in [0.4, 0.5) is 0 Å². The molecule has 1 aromatic carbocycles. The Bertz CT molecular complexity index is 499. The molecule has 2 atom stereocenters. The van der Waals surface area contributed by atoms with Crippen LogP contribution in [-0.2, 0) is 4.79 Å². The highest BCUT2D eigenvalue weighted by Crippen LogP contribution is 2.37. The molecule has 0 bridgehead atoms. The van der Waals surface area contributed by atoms with Crippen LogP contribution in [0.15, 0.2) is 24.3 Å². The third kappa shape index (κ3) is 3.76. The number of aliphatic hydroxyl groups excluding tert-OH is 1. The molecule has 0 aromatic heterocycles. The van der Waals surface area contributed by atoms with Crippen LogP contribution in [0, 0.1) is 5.41 Å². The molecule has 116 valence electrons. The van der Waals surface area contributed by atoms with E-state index in [0.29, 0.717) is 6.54 Å². The molecule has 1 aliphatic heterocycles. The Morgan fingerprint density at radius 2 is 2.10 bits per heavy atom. The molecule has 2 rings (SSSR count). The number of rotatable bonds is 6. The van der Waals surface area contributed by atoms with E-state index in [-0.39, 0.29) is 23.8 Å². The fraction of sp³-hybridized carbons (Fsp3) is 0.588. The van der Waals surface area contributed by atoms with E-state index in [4.69, 9.17) is 4.74 Å². The van der Waals surface area contributed by atoms with E-state index in [1.807, 2.05) is 45.0 Å². The van der Waals surface area contributed by atoms with Gasteiger partial charge in [0.05, 0.1) is 0 Å². The summed E-state index contributed by atoms with van der Waals surface area (Å²) in [4.78, 5) is 12.2.